The molecular weight excluding hydrogens is 306 g/mol. The minimum atomic E-state index is -0.502. The van der Waals surface area contributed by atoms with Crippen molar-refractivity contribution >= 4 is 29.1 Å². The molecule has 22 heavy (non-hydrogen) atoms. The van der Waals surface area contributed by atoms with E-state index >= 15 is 0 Å². The fourth-order valence-corrected chi connectivity index (χ4v) is 2.19. The SMILES string of the molecule is CCC(=O)NNc1ccc(CN2OCC(C)(C)C2=O)c(Cl)c1. The van der Waals surface area contributed by atoms with Crippen molar-refractivity contribution in [3.8, 4) is 0 Å². The van der Waals surface area contributed by atoms with Crippen LogP contribution < -0.4 is 10.9 Å². The normalized spacial score (nSPS) is 16.7. The molecule has 120 valence electrons. The maximum atomic E-state index is 12.1. The summed E-state index contributed by atoms with van der Waals surface area (Å²) in [6.45, 7) is 6.12. The molecule has 1 heterocycles. The van der Waals surface area contributed by atoms with Crippen molar-refractivity contribution in [3.63, 3.8) is 0 Å². The largest absolute Gasteiger partial charge is 0.299 e. The second kappa shape index (κ2) is 6.54. The van der Waals surface area contributed by atoms with Crippen molar-refractivity contribution in [1.29, 1.82) is 0 Å². The molecule has 0 atom stereocenters. The predicted molar refractivity (Wildman–Crippen MR) is 83.8 cm³/mol. The average Bonchev–Trinajstić information content (AvgIpc) is 2.74. The third-order valence-electron chi connectivity index (χ3n) is 3.42. The van der Waals surface area contributed by atoms with E-state index in [1.54, 1.807) is 25.1 Å². The maximum Gasteiger partial charge on any atom is 0.254 e. The minimum absolute atomic E-state index is 0.0547. The van der Waals surface area contributed by atoms with Gasteiger partial charge in [-0.15, -0.1) is 0 Å². The van der Waals surface area contributed by atoms with Crippen LogP contribution in [-0.4, -0.2) is 23.5 Å². The number of hydrogen-bond acceptors (Lipinski definition) is 4. The third-order valence-corrected chi connectivity index (χ3v) is 3.77. The summed E-state index contributed by atoms with van der Waals surface area (Å²) < 4.78 is 0. The van der Waals surface area contributed by atoms with Gasteiger partial charge in [0, 0.05) is 11.4 Å². The molecule has 0 unspecified atom stereocenters. The highest BCUT2D eigenvalue weighted by Gasteiger charge is 2.40. The Morgan fingerprint density at radius 1 is 1.45 bits per heavy atom. The molecule has 1 aliphatic heterocycles. The van der Waals surface area contributed by atoms with Gasteiger partial charge < -0.3 is 0 Å². The van der Waals surface area contributed by atoms with Gasteiger partial charge in [-0.2, -0.15) is 0 Å². The van der Waals surface area contributed by atoms with Crippen LogP contribution in [0.5, 0.6) is 0 Å². The standard InChI is InChI=1S/C15H20ClN3O3/c1-4-13(20)18-17-11-6-5-10(12(16)7-11)8-19-14(21)15(2,3)9-22-19/h5-7,17H,4,8-9H2,1-3H3,(H,18,20). The van der Waals surface area contributed by atoms with Gasteiger partial charge >= 0.3 is 0 Å². The van der Waals surface area contributed by atoms with Crippen molar-refractivity contribution in [2.45, 2.75) is 33.7 Å². The maximum absolute atomic E-state index is 12.1. The molecule has 6 nitrogen and oxygen atoms in total. The fraction of sp³-hybridized carbons (Fsp3) is 0.467. The first-order valence-corrected chi connectivity index (χ1v) is 7.49. The van der Waals surface area contributed by atoms with Crippen LogP contribution in [0.1, 0.15) is 32.8 Å². The van der Waals surface area contributed by atoms with Gasteiger partial charge in [0.25, 0.3) is 5.91 Å². The van der Waals surface area contributed by atoms with E-state index in [4.69, 9.17) is 16.4 Å². The molecule has 0 saturated carbocycles. The third kappa shape index (κ3) is 3.69. The van der Waals surface area contributed by atoms with Crippen molar-refractivity contribution in [2.24, 2.45) is 5.41 Å². The summed E-state index contributed by atoms with van der Waals surface area (Å²) in [4.78, 5) is 28.7. The molecule has 2 amide bonds. The van der Waals surface area contributed by atoms with Gasteiger partial charge in [-0.05, 0) is 31.5 Å². The topological polar surface area (TPSA) is 70.7 Å². The molecule has 1 fully saturated rings. The van der Waals surface area contributed by atoms with Crippen LogP contribution in [0.15, 0.2) is 18.2 Å². The second-order valence-electron chi connectivity index (χ2n) is 5.83. The lowest BCUT2D eigenvalue weighted by Gasteiger charge is -2.17. The van der Waals surface area contributed by atoms with E-state index in [9.17, 15) is 9.59 Å². The summed E-state index contributed by atoms with van der Waals surface area (Å²) >= 11 is 6.23. The van der Waals surface area contributed by atoms with Crippen molar-refractivity contribution in [2.75, 3.05) is 12.0 Å². The van der Waals surface area contributed by atoms with Gasteiger partial charge in [0.15, 0.2) is 0 Å². The first-order valence-electron chi connectivity index (χ1n) is 7.11. The Hall–Kier alpha value is -1.79. The lowest BCUT2D eigenvalue weighted by Crippen LogP contribution is -2.30. The summed E-state index contributed by atoms with van der Waals surface area (Å²) in [6, 6.07) is 5.27. The number of carbonyl (C=O) groups excluding carboxylic acids is 2. The van der Waals surface area contributed by atoms with E-state index in [2.05, 4.69) is 10.9 Å². The number of carbonyl (C=O) groups is 2. The molecular formula is C15H20ClN3O3. The van der Waals surface area contributed by atoms with E-state index < -0.39 is 5.41 Å². The van der Waals surface area contributed by atoms with Gasteiger partial charge in [-0.25, -0.2) is 5.06 Å². The molecule has 0 radical (unpaired) electrons. The summed E-state index contributed by atoms with van der Waals surface area (Å²) in [5, 5.41) is 1.84. The first-order chi connectivity index (χ1) is 10.3. The highest BCUT2D eigenvalue weighted by molar-refractivity contribution is 6.31. The van der Waals surface area contributed by atoms with Gasteiger partial charge in [-0.1, -0.05) is 24.6 Å². The molecule has 0 aliphatic carbocycles. The summed E-state index contributed by atoms with van der Waals surface area (Å²) in [5.74, 6) is -0.167. The number of nitrogens with one attached hydrogen (secondary N) is 2. The van der Waals surface area contributed by atoms with Crippen LogP contribution in [0.2, 0.25) is 5.02 Å². The van der Waals surface area contributed by atoms with Crippen molar-refractivity contribution in [3.05, 3.63) is 28.8 Å². The number of halogens is 1. The number of rotatable bonds is 5. The molecule has 1 aromatic rings. The molecule has 1 aliphatic rings. The molecule has 0 bridgehead atoms. The van der Waals surface area contributed by atoms with Crippen LogP contribution in [0.25, 0.3) is 0 Å². The number of benzene rings is 1. The second-order valence-corrected chi connectivity index (χ2v) is 6.24. The fourth-order valence-electron chi connectivity index (χ4n) is 1.95. The number of anilines is 1. The molecule has 1 saturated heterocycles. The Kier molecular flexibility index (Phi) is 4.93. The van der Waals surface area contributed by atoms with Crippen molar-refractivity contribution in [1.82, 2.24) is 10.5 Å². The Labute approximate surface area is 134 Å². The lowest BCUT2D eigenvalue weighted by atomic mass is 9.95. The summed E-state index contributed by atoms with van der Waals surface area (Å²) in [6.07, 6.45) is 0.392. The summed E-state index contributed by atoms with van der Waals surface area (Å²) in [5.41, 5.74) is 6.28. The van der Waals surface area contributed by atoms with Gasteiger partial charge in [-0.3, -0.25) is 25.3 Å². The zero-order valence-electron chi connectivity index (χ0n) is 12.9. The number of hydroxylamine groups is 2. The van der Waals surface area contributed by atoms with Crippen LogP contribution in [0.3, 0.4) is 0 Å². The van der Waals surface area contributed by atoms with Gasteiger partial charge in [0.2, 0.25) is 5.91 Å². The Bertz CT molecular complexity index is 589. The van der Waals surface area contributed by atoms with Crippen LogP contribution in [0.4, 0.5) is 5.69 Å². The molecule has 2 rings (SSSR count). The monoisotopic (exact) mass is 325 g/mol. The van der Waals surface area contributed by atoms with Gasteiger partial charge in [0.05, 0.1) is 24.3 Å². The molecule has 0 aromatic heterocycles. The zero-order valence-corrected chi connectivity index (χ0v) is 13.7. The molecule has 1 aromatic carbocycles. The average molecular weight is 326 g/mol. The number of nitrogens with zero attached hydrogens (tertiary/aromatic N) is 1. The molecule has 2 N–H and O–H groups in total. The van der Waals surface area contributed by atoms with Crippen molar-refractivity contribution < 1.29 is 14.4 Å². The van der Waals surface area contributed by atoms with E-state index in [-0.39, 0.29) is 11.8 Å². The highest BCUT2D eigenvalue weighted by atomic mass is 35.5. The predicted octanol–water partition coefficient (Wildman–Crippen LogP) is 2.49. The van der Waals surface area contributed by atoms with Gasteiger partial charge in [0.1, 0.15) is 0 Å². The molecule has 0 spiro atoms. The summed E-state index contributed by atoms with van der Waals surface area (Å²) in [7, 11) is 0. The van der Waals surface area contributed by atoms with Crippen LogP contribution in [-0.2, 0) is 21.0 Å². The van der Waals surface area contributed by atoms with E-state index in [1.165, 1.54) is 5.06 Å². The Balaban J connectivity index is 2.01. The Morgan fingerprint density at radius 3 is 2.73 bits per heavy atom. The number of hydrazine groups is 1. The quantitative estimate of drug-likeness (QED) is 0.816. The van der Waals surface area contributed by atoms with E-state index in [0.29, 0.717) is 30.3 Å². The van der Waals surface area contributed by atoms with E-state index in [0.717, 1.165) is 5.56 Å². The molecule has 7 heteroatoms. The lowest BCUT2D eigenvalue weighted by molar-refractivity contribution is -0.165. The minimum Gasteiger partial charge on any atom is -0.299 e. The first kappa shape index (κ1) is 16.6. The van der Waals surface area contributed by atoms with Crippen LogP contribution >= 0.6 is 11.6 Å². The number of hydrogen-bond donors (Lipinski definition) is 2. The Morgan fingerprint density at radius 2 is 2.18 bits per heavy atom. The zero-order chi connectivity index (χ0) is 16.3. The highest BCUT2D eigenvalue weighted by Crippen LogP contribution is 2.30. The van der Waals surface area contributed by atoms with E-state index in [1.807, 2.05) is 13.8 Å². The smallest absolute Gasteiger partial charge is 0.254 e. The number of amides is 2. The van der Waals surface area contributed by atoms with Crippen LogP contribution in [0, 0.1) is 5.41 Å².